The Kier molecular flexibility index (Phi) is 3.70. The molecule has 0 aliphatic heterocycles. The van der Waals surface area contributed by atoms with Crippen molar-refractivity contribution >= 4 is 39.2 Å². The van der Waals surface area contributed by atoms with E-state index in [4.69, 9.17) is 17.3 Å². The van der Waals surface area contributed by atoms with Crippen LogP contribution in [-0.4, -0.2) is 32.1 Å². The van der Waals surface area contributed by atoms with Crippen molar-refractivity contribution in [3.05, 3.63) is 41.8 Å². The third-order valence-electron chi connectivity index (χ3n) is 2.87. The fourth-order valence-corrected chi connectivity index (χ4v) is 3.12. The molecule has 9 nitrogen and oxygen atoms in total. The first-order valence-electron chi connectivity index (χ1n) is 6.35. The Hall–Kier alpha value is -2.59. The first kappa shape index (κ1) is 15.3. The van der Waals surface area contributed by atoms with E-state index in [-0.39, 0.29) is 16.9 Å². The molecular formula is C12H12ClN7O2S. The van der Waals surface area contributed by atoms with Gasteiger partial charge in [0.2, 0.25) is 11.9 Å². The van der Waals surface area contributed by atoms with Crippen molar-refractivity contribution in [2.45, 2.75) is 5.03 Å². The normalized spacial score (nSPS) is 11.6. The average molecular weight is 354 g/mol. The van der Waals surface area contributed by atoms with Crippen molar-refractivity contribution in [1.29, 1.82) is 0 Å². The topological polar surface area (TPSA) is 121 Å². The smallest absolute Gasteiger partial charge is 0.305 e. The minimum atomic E-state index is -4.01. The SMILES string of the molecule is Cn1cnc(S(=O)(=O)n2nc(N)nc2Nc2ccc(Cl)cc2)c1. The molecule has 0 aliphatic rings. The van der Waals surface area contributed by atoms with Gasteiger partial charge in [0.05, 0.1) is 6.33 Å². The van der Waals surface area contributed by atoms with Crippen molar-refractivity contribution in [3.8, 4) is 0 Å². The maximum Gasteiger partial charge on any atom is 0.305 e. The standard InChI is InChI=1S/C12H12ClN7O2S/c1-19-6-10(15-7-19)23(21,22)20-12(17-11(14)18-20)16-9-4-2-8(13)3-5-9/h2-7H,1H3,(H3,14,16,17,18). The van der Waals surface area contributed by atoms with Gasteiger partial charge >= 0.3 is 10.0 Å². The second-order valence-corrected chi connectivity index (χ2v) is 6.80. The van der Waals surface area contributed by atoms with Crippen molar-refractivity contribution < 1.29 is 8.42 Å². The zero-order valence-corrected chi connectivity index (χ0v) is 13.5. The monoisotopic (exact) mass is 353 g/mol. The first-order chi connectivity index (χ1) is 10.9. The van der Waals surface area contributed by atoms with Gasteiger partial charge in [0.15, 0.2) is 5.03 Å². The molecule has 0 bridgehead atoms. The molecule has 11 heteroatoms. The minimum Gasteiger partial charge on any atom is -0.366 e. The van der Waals surface area contributed by atoms with Crippen LogP contribution >= 0.6 is 11.6 Å². The zero-order valence-electron chi connectivity index (χ0n) is 11.9. The fourth-order valence-electron chi connectivity index (χ4n) is 1.83. The molecule has 0 unspecified atom stereocenters. The Bertz CT molecular complexity index is 946. The molecule has 23 heavy (non-hydrogen) atoms. The van der Waals surface area contributed by atoms with E-state index in [1.54, 1.807) is 31.3 Å². The van der Waals surface area contributed by atoms with E-state index in [1.807, 2.05) is 0 Å². The molecular weight excluding hydrogens is 342 g/mol. The number of nitrogens with two attached hydrogens (primary N) is 1. The number of imidazole rings is 1. The van der Waals surface area contributed by atoms with Crippen LogP contribution in [0.15, 0.2) is 41.8 Å². The van der Waals surface area contributed by atoms with Gasteiger partial charge in [-0.05, 0) is 24.3 Å². The molecule has 0 saturated carbocycles. The van der Waals surface area contributed by atoms with Gasteiger partial charge < -0.3 is 15.6 Å². The predicted molar refractivity (Wildman–Crippen MR) is 85.0 cm³/mol. The molecule has 0 atom stereocenters. The summed E-state index contributed by atoms with van der Waals surface area (Å²) in [6, 6.07) is 6.65. The lowest BCUT2D eigenvalue weighted by molar-refractivity contribution is 0.577. The number of nitrogen functional groups attached to an aromatic ring is 1. The molecule has 3 rings (SSSR count). The van der Waals surface area contributed by atoms with E-state index in [9.17, 15) is 8.42 Å². The molecule has 3 N–H and O–H groups in total. The lowest BCUT2D eigenvalue weighted by Crippen LogP contribution is -2.17. The molecule has 0 radical (unpaired) electrons. The second-order valence-electron chi connectivity index (χ2n) is 4.65. The molecule has 3 aromatic rings. The van der Waals surface area contributed by atoms with Crippen LogP contribution in [0.3, 0.4) is 0 Å². The molecule has 1 aromatic carbocycles. The Morgan fingerprint density at radius 1 is 1.26 bits per heavy atom. The van der Waals surface area contributed by atoms with Gasteiger partial charge in [0.25, 0.3) is 0 Å². The quantitative estimate of drug-likeness (QED) is 0.723. The highest BCUT2D eigenvalue weighted by atomic mass is 35.5. The van der Waals surface area contributed by atoms with Crippen molar-refractivity contribution in [2.75, 3.05) is 11.1 Å². The molecule has 0 aliphatic carbocycles. The lowest BCUT2D eigenvalue weighted by Gasteiger charge is -2.07. The number of aromatic nitrogens is 5. The third kappa shape index (κ3) is 2.98. The number of nitrogens with one attached hydrogen (secondary N) is 1. The highest BCUT2D eigenvalue weighted by Gasteiger charge is 2.25. The first-order valence-corrected chi connectivity index (χ1v) is 8.17. The van der Waals surface area contributed by atoms with E-state index in [0.29, 0.717) is 14.8 Å². The van der Waals surface area contributed by atoms with Crippen LogP contribution in [0, 0.1) is 0 Å². The summed E-state index contributed by atoms with van der Waals surface area (Å²) < 4.78 is 27.4. The Labute approximate surface area is 136 Å². The number of benzene rings is 1. The van der Waals surface area contributed by atoms with Crippen LogP contribution in [-0.2, 0) is 17.1 Å². The van der Waals surface area contributed by atoms with Crippen molar-refractivity contribution in [1.82, 2.24) is 23.7 Å². The third-order valence-corrected chi connectivity index (χ3v) is 4.57. The van der Waals surface area contributed by atoms with Gasteiger partial charge in [0.1, 0.15) is 0 Å². The number of rotatable bonds is 4. The van der Waals surface area contributed by atoms with E-state index < -0.39 is 10.0 Å². The van der Waals surface area contributed by atoms with Gasteiger partial charge in [-0.2, -0.15) is 13.4 Å². The number of hydrogen-bond donors (Lipinski definition) is 2. The highest BCUT2D eigenvalue weighted by Crippen LogP contribution is 2.21. The minimum absolute atomic E-state index is 0.0459. The number of aryl methyl sites for hydroxylation is 1. The van der Waals surface area contributed by atoms with E-state index in [2.05, 4.69) is 20.4 Å². The second kappa shape index (κ2) is 5.56. The largest absolute Gasteiger partial charge is 0.366 e. The van der Waals surface area contributed by atoms with Gasteiger partial charge in [-0.25, -0.2) is 4.98 Å². The average Bonchev–Trinajstić information content (AvgIpc) is 3.08. The number of nitrogens with zero attached hydrogens (tertiary/aromatic N) is 5. The van der Waals surface area contributed by atoms with Crippen molar-refractivity contribution in [3.63, 3.8) is 0 Å². The summed E-state index contributed by atoms with van der Waals surface area (Å²) in [5, 5.41) is 6.97. The highest BCUT2D eigenvalue weighted by molar-refractivity contribution is 7.89. The molecule has 0 saturated heterocycles. The molecule has 0 amide bonds. The van der Waals surface area contributed by atoms with E-state index >= 15 is 0 Å². The summed E-state index contributed by atoms with van der Waals surface area (Å²) in [7, 11) is -2.35. The molecule has 2 heterocycles. The van der Waals surface area contributed by atoms with E-state index in [1.165, 1.54) is 17.1 Å². The Morgan fingerprint density at radius 2 is 1.96 bits per heavy atom. The van der Waals surface area contributed by atoms with Crippen LogP contribution < -0.4 is 11.1 Å². The van der Waals surface area contributed by atoms with Crippen molar-refractivity contribution in [2.24, 2.45) is 7.05 Å². The molecule has 120 valence electrons. The van der Waals surface area contributed by atoms with E-state index in [0.717, 1.165) is 0 Å². The Balaban J connectivity index is 2.02. The Morgan fingerprint density at radius 3 is 2.57 bits per heavy atom. The lowest BCUT2D eigenvalue weighted by atomic mass is 10.3. The number of halogens is 1. The number of hydrogen-bond acceptors (Lipinski definition) is 7. The van der Waals surface area contributed by atoms with Crippen LogP contribution in [0.5, 0.6) is 0 Å². The van der Waals surface area contributed by atoms with Gasteiger partial charge in [0, 0.05) is 24.0 Å². The summed E-state index contributed by atoms with van der Waals surface area (Å²) in [5.41, 5.74) is 6.13. The molecule has 2 aromatic heterocycles. The maximum atomic E-state index is 12.6. The van der Waals surface area contributed by atoms with Crippen LogP contribution in [0.1, 0.15) is 0 Å². The fraction of sp³-hybridized carbons (Fsp3) is 0.0833. The summed E-state index contributed by atoms with van der Waals surface area (Å²) >= 11 is 5.82. The van der Waals surface area contributed by atoms with Gasteiger partial charge in [-0.1, -0.05) is 11.6 Å². The molecule has 0 fully saturated rings. The van der Waals surface area contributed by atoms with Crippen LogP contribution in [0.25, 0.3) is 0 Å². The maximum absolute atomic E-state index is 12.6. The van der Waals surface area contributed by atoms with Crippen LogP contribution in [0.4, 0.5) is 17.6 Å². The van der Waals surface area contributed by atoms with Crippen LogP contribution in [0.2, 0.25) is 5.02 Å². The summed E-state index contributed by atoms with van der Waals surface area (Å²) in [5.74, 6) is -0.226. The molecule has 0 spiro atoms. The summed E-state index contributed by atoms with van der Waals surface area (Å²) in [6.07, 6.45) is 2.73. The predicted octanol–water partition coefficient (Wildman–Crippen LogP) is 1.23. The summed E-state index contributed by atoms with van der Waals surface area (Å²) in [4.78, 5) is 7.73. The number of anilines is 3. The van der Waals surface area contributed by atoms with Gasteiger partial charge in [-0.15, -0.1) is 9.19 Å². The summed E-state index contributed by atoms with van der Waals surface area (Å²) in [6.45, 7) is 0. The van der Waals surface area contributed by atoms with Gasteiger partial charge in [-0.3, -0.25) is 0 Å². The zero-order chi connectivity index (χ0) is 16.6.